The van der Waals surface area contributed by atoms with Crippen molar-refractivity contribution in [3.63, 3.8) is 0 Å². The highest BCUT2D eigenvalue weighted by atomic mass is 16.7. The van der Waals surface area contributed by atoms with Crippen molar-refractivity contribution in [2.75, 3.05) is 13.2 Å². The second-order valence-electron chi connectivity index (χ2n) is 7.16. The Balaban J connectivity index is 1.80. The van der Waals surface area contributed by atoms with Crippen LogP contribution in [0.2, 0.25) is 0 Å². The Labute approximate surface area is 149 Å². The second kappa shape index (κ2) is 8.74. The minimum absolute atomic E-state index is 0.118. The second-order valence-corrected chi connectivity index (χ2v) is 7.16. The van der Waals surface area contributed by atoms with Crippen LogP contribution in [0.3, 0.4) is 0 Å². The summed E-state index contributed by atoms with van der Waals surface area (Å²) in [6, 6.07) is 9.23. The molecule has 0 radical (unpaired) electrons. The Hall–Kier alpha value is -2.24. The number of amides is 1. The van der Waals surface area contributed by atoms with Crippen LogP contribution in [0.25, 0.3) is 0 Å². The molecule has 0 aromatic heterocycles. The Kier molecular flexibility index (Phi) is 6.67. The van der Waals surface area contributed by atoms with Gasteiger partial charge in [0.2, 0.25) is 0 Å². The fourth-order valence-electron chi connectivity index (χ4n) is 2.66. The van der Waals surface area contributed by atoms with Crippen LogP contribution >= 0.6 is 0 Å². The number of piperidine rings is 1. The van der Waals surface area contributed by atoms with Gasteiger partial charge in [0.1, 0.15) is 18.8 Å². The molecule has 1 aromatic rings. The maximum atomic E-state index is 12.3. The lowest BCUT2D eigenvalue weighted by Crippen LogP contribution is -2.48. The van der Waals surface area contributed by atoms with Crippen molar-refractivity contribution in [1.29, 1.82) is 0 Å². The van der Waals surface area contributed by atoms with Gasteiger partial charge in [-0.25, -0.2) is 9.59 Å². The number of rotatable bonds is 4. The molecule has 0 saturated carbocycles. The zero-order chi connectivity index (χ0) is 18.3. The van der Waals surface area contributed by atoms with Gasteiger partial charge in [-0.15, -0.1) is 0 Å². The van der Waals surface area contributed by atoms with E-state index in [1.54, 1.807) is 4.90 Å². The molecule has 1 aliphatic rings. The molecular formula is C19H27NO5. The van der Waals surface area contributed by atoms with Crippen molar-refractivity contribution < 1.29 is 23.8 Å². The predicted octanol–water partition coefficient (Wildman–Crippen LogP) is 4.13. The SMILES string of the molecule is CC(C)(C)OC(=O)N1CCCC[C@H]1COC(=O)OCc1ccccc1. The van der Waals surface area contributed by atoms with Crippen LogP contribution in [0.4, 0.5) is 9.59 Å². The smallest absolute Gasteiger partial charge is 0.444 e. The van der Waals surface area contributed by atoms with Gasteiger partial charge in [0, 0.05) is 6.54 Å². The molecule has 6 heteroatoms. The van der Waals surface area contributed by atoms with Gasteiger partial charge in [-0.05, 0) is 45.6 Å². The number of carbonyl (C=O) groups excluding carboxylic acids is 2. The number of benzene rings is 1. The molecule has 2 rings (SSSR count). The lowest BCUT2D eigenvalue weighted by Gasteiger charge is -2.36. The normalized spacial score (nSPS) is 17.7. The molecule has 1 atom stereocenters. The van der Waals surface area contributed by atoms with Crippen molar-refractivity contribution in [3.8, 4) is 0 Å². The molecule has 6 nitrogen and oxygen atoms in total. The van der Waals surface area contributed by atoms with E-state index >= 15 is 0 Å². The van der Waals surface area contributed by atoms with Crippen molar-refractivity contribution in [2.45, 2.75) is 58.3 Å². The van der Waals surface area contributed by atoms with Crippen LogP contribution < -0.4 is 0 Å². The van der Waals surface area contributed by atoms with Crippen LogP contribution in [-0.4, -0.2) is 41.9 Å². The first-order valence-electron chi connectivity index (χ1n) is 8.68. The van der Waals surface area contributed by atoms with Crippen molar-refractivity contribution in [3.05, 3.63) is 35.9 Å². The predicted molar refractivity (Wildman–Crippen MR) is 93.2 cm³/mol. The van der Waals surface area contributed by atoms with Crippen LogP contribution in [0.5, 0.6) is 0 Å². The molecule has 0 spiro atoms. The van der Waals surface area contributed by atoms with Crippen LogP contribution in [0.15, 0.2) is 30.3 Å². The quantitative estimate of drug-likeness (QED) is 0.765. The molecular weight excluding hydrogens is 322 g/mol. The van der Waals surface area contributed by atoms with E-state index in [0.29, 0.717) is 6.54 Å². The van der Waals surface area contributed by atoms with Gasteiger partial charge in [-0.1, -0.05) is 30.3 Å². The lowest BCUT2D eigenvalue weighted by atomic mass is 10.0. The third-order valence-corrected chi connectivity index (χ3v) is 3.85. The molecule has 0 unspecified atom stereocenters. The lowest BCUT2D eigenvalue weighted by molar-refractivity contribution is -0.0100. The molecule has 0 aliphatic carbocycles. The summed E-state index contributed by atoms with van der Waals surface area (Å²) >= 11 is 0. The summed E-state index contributed by atoms with van der Waals surface area (Å²) in [4.78, 5) is 25.7. The Morgan fingerprint density at radius 3 is 2.52 bits per heavy atom. The Bertz CT molecular complexity index is 567. The summed E-state index contributed by atoms with van der Waals surface area (Å²) in [6.07, 6.45) is 1.61. The fourth-order valence-corrected chi connectivity index (χ4v) is 2.66. The van der Waals surface area contributed by atoms with Crippen molar-refractivity contribution in [1.82, 2.24) is 4.90 Å². The summed E-state index contributed by atoms with van der Waals surface area (Å²) < 4.78 is 15.7. The topological polar surface area (TPSA) is 65.1 Å². The standard InChI is InChI=1S/C19H27NO5/c1-19(2,3)25-17(21)20-12-8-7-11-16(20)14-24-18(22)23-13-15-9-5-4-6-10-15/h4-6,9-10,16H,7-8,11-14H2,1-3H3/t16-/m0/s1. The first-order valence-corrected chi connectivity index (χ1v) is 8.68. The number of hydrogen-bond acceptors (Lipinski definition) is 5. The van der Waals surface area contributed by atoms with Gasteiger partial charge in [0.25, 0.3) is 0 Å². The van der Waals surface area contributed by atoms with Gasteiger partial charge in [-0.2, -0.15) is 0 Å². The summed E-state index contributed by atoms with van der Waals surface area (Å²) in [5.41, 5.74) is 0.349. The highest BCUT2D eigenvalue weighted by Gasteiger charge is 2.31. The van der Waals surface area contributed by atoms with Gasteiger partial charge in [0.05, 0.1) is 6.04 Å². The minimum atomic E-state index is -0.724. The average Bonchev–Trinajstić information content (AvgIpc) is 2.58. The summed E-state index contributed by atoms with van der Waals surface area (Å²) in [5.74, 6) is 0. The monoisotopic (exact) mass is 349 g/mol. The molecule has 1 saturated heterocycles. The summed E-state index contributed by atoms with van der Waals surface area (Å²) in [6.45, 7) is 6.40. The van der Waals surface area contributed by atoms with Gasteiger partial charge >= 0.3 is 12.2 Å². The third kappa shape index (κ3) is 6.64. The number of hydrogen-bond donors (Lipinski definition) is 0. The molecule has 1 heterocycles. The fraction of sp³-hybridized carbons (Fsp3) is 0.579. The van der Waals surface area contributed by atoms with Crippen LogP contribution in [-0.2, 0) is 20.8 Å². The van der Waals surface area contributed by atoms with E-state index in [1.807, 2.05) is 51.1 Å². The Morgan fingerprint density at radius 2 is 1.84 bits per heavy atom. The summed E-state index contributed by atoms with van der Waals surface area (Å²) in [7, 11) is 0. The number of nitrogens with zero attached hydrogens (tertiary/aromatic N) is 1. The highest BCUT2D eigenvalue weighted by molar-refractivity contribution is 5.68. The molecule has 1 amide bonds. The molecule has 25 heavy (non-hydrogen) atoms. The molecule has 1 aromatic carbocycles. The minimum Gasteiger partial charge on any atom is -0.444 e. The van der Waals surface area contributed by atoms with Gasteiger partial charge in [-0.3, -0.25) is 0 Å². The van der Waals surface area contributed by atoms with Crippen LogP contribution in [0.1, 0.15) is 45.6 Å². The van der Waals surface area contributed by atoms with Gasteiger partial charge < -0.3 is 19.1 Å². The van der Waals surface area contributed by atoms with E-state index in [0.717, 1.165) is 24.8 Å². The maximum absolute atomic E-state index is 12.3. The van der Waals surface area contributed by atoms with E-state index in [2.05, 4.69) is 0 Å². The Morgan fingerprint density at radius 1 is 1.12 bits per heavy atom. The number of likely N-dealkylation sites (tertiary alicyclic amines) is 1. The number of carbonyl (C=O) groups is 2. The van der Waals surface area contributed by atoms with Gasteiger partial charge in [0.15, 0.2) is 0 Å². The number of ether oxygens (including phenoxy) is 3. The molecule has 0 N–H and O–H groups in total. The molecule has 0 bridgehead atoms. The highest BCUT2D eigenvalue weighted by Crippen LogP contribution is 2.21. The van der Waals surface area contributed by atoms with E-state index in [4.69, 9.17) is 14.2 Å². The third-order valence-electron chi connectivity index (χ3n) is 3.85. The maximum Gasteiger partial charge on any atom is 0.508 e. The van der Waals surface area contributed by atoms with E-state index in [1.165, 1.54) is 0 Å². The van der Waals surface area contributed by atoms with Crippen LogP contribution in [0, 0.1) is 0 Å². The molecule has 1 aliphatic heterocycles. The van der Waals surface area contributed by atoms with E-state index in [9.17, 15) is 9.59 Å². The van der Waals surface area contributed by atoms with Crippen molar-refractivity contribution >= 4 is 12.2 Å². The first-order chi connectivity index (χ1) is 11.8. The largest absolute Gasteiger partial charge is 0.508 e. The van der Waals surface area contributed by atoms with E-state index < -0.39 is 11.8 Å². The first kappa shape index (κ1) is 19.1. The average molecular weight is 349 g/mol. The molecule has 138 valence electrons. The van der Waals surface area contributed by atoms with Crippen molar-refractivity contribution in [2.24, 2.45) is 0 Å². The zero-order valence-electron chi connectivity index (χ0n) is 15.2. The zero-order valence-corrected chi connectivity index (χ0v) is 15.2. The van der Waals surface area contributed by atoms with E-state index in [-0.39, 0.29) is 25.3 Å². The molecule has 1 fully saturated rings. The summed E-state index contributed by atoms with van der Waals surface area (Å²) in [5, 5.41) is 0.